The molecule has 1 heterocycles. The molecule has 0 fully saturated rings. The van der Waals surface area contributed by atoms with Crippen LogP contribution >= 0.6 is 0 Å². The molecule has 1 aromatic rings. The van der Waals surface area contributed by atoms with Gasteiger partial charge in [0.05, 0.1) is 6.54 Å². The summed E-state index contributed by atoms with van der Waals surface area (Å²) in [5, 5.41) is 0. The van der Waals surface area contributed by atoms with Gasteiger partial charge in [0.15, 0.2) is 0 Å². The number of likely N-dealkylation sites (N-methyl/N-ethyl adjacent to an activating group) is 1. The molecule has 0 saturated carbocycles. The Morgan fingerprint density at radius 2 is 1.59 bits per heavy atom. The molecule has 0 aromatic heterocycles. The lowest BCUT2D eigenvalue weighted by Crippen LogP contribution is -2.40. The summed E-state index contributed by atoms with van der Waals surface area (Å²) in [5.41, 5.74) is 2.12. The fourth-order valence-corrected chi connectivity index (χ4v) is 3.81. The molecule has 2 amide bonds. The van der Waals surface area contributed by atoms with Crippen molar-refractivity contribution in [3.8, 4) is 0 Å². The Balaban J connectivity index is 2.25. The molecule has 0 aliphatic carbocycles. The molecule has 1 aromatic carbocycles. The summed E-state index contributed by atoms with van der Waals surface area (Å²) in [6, 6.07) is 8.14. The summed E-state index contributed by atoms with van der Waals surface area (Å²) >= 11 is 0. The first-order chi connectivity index (χ1) is 13.1. The zero-order valence-corrected chi connectivity index (χ0v) is 17.2. The number of hydrogen-bond donors (Lipinski definition) is 0. The van der Waals surface area contributed by atoms with E-state index >= 15 is 0 Å². The average Bonchev–Trinajstić information content (AvgIpc) is 2.64. The van der Waals surface area contributed by atoms with Crippen LogP contribution in [-0.4, -0.2) is 54.3 Å². The maximum absolute atomic E-state index is 12.7. The molecule has 0 radical (unpaired) electrons. The van der Waals surface area contributed by atoms with Gasteiger partial charge in [-0.3, -0.25) is 14.5 Å². The second-order valence-electron chi connectivity index (χ2n) is 7.34. The van der Waals surface area contributed by atoms with Gasteiger partial charge in [-0.2, -0.15) is 0 Å². The molecule has 150 valence electrons. The van der Waals surface area contributed by atoms with Crippen LogP contribution in [0.5, 0.6) is 0 Å². The van der Waals surface area contributed by atoms with E-state index in [1.165, 1.54) is 12.8 Å². The van der Waals surface area contributed by atoms with Crippen LogP contribution in [0.1, 0.15) is 58.4 Å². The van der Waals surface area contributed by atoms with Gasteiger partial charge in [-0.1, -0.05) is 37.5 Å². The Morgan fingerprint density at radius 3 is 2.26 bits per heavy atom. The van der Waals surface area contributed by atoms with Crippen LogP contribution in [0, 0.1) is 0 Å². The van der Waals surface area contributed by atoms with Crippen molar-refractivity contribution in [2.75, 3.05) is 37.6 Å². The number of para-hydroxylation sites is 1. The smallest absolute Gasteiger partial charge is 0.236 e. The van der Waals surface area contributed by atoms with Crippen molar-refractivity contribution < 1.29 is 9.59 Å². The Bertz CT molecular complexity index is 613. The molecule has 0 bridgehead atoms. The zero-order chi connectivity index (χ0) is 19.6. The summed E-state index contributed by atoms with van der Waals surface area (Å²) in [6.07, 6.45) is 5.66. The molecule has 0 spiro atoms. The third-order valence-corrected chi connectivity index (χ3v) is 5.39. The normalized spacial score (nSPS) is 16.8. The van der Waals surface area contributed by atoms with Crippen molar-refractivity contribution in [3.05, 3.63) is 29.8 Å². The van der Waals surface area contributed by atoms with Crippen molar-refractivity contribution in [2.24, 2.45) is 0 Å². The standard InChI is InChI=1S/C22H35N3O2/c1-4-24(5-2)22(27)18-23-15-11-7-6-8-12-16-25(19(3)26)21-14-10-9-13-20(21)17-23/h9-10,13-14H,4-8,11-12,15-18H2,1-3H3. The number of carbonyl (C=O) groups excluding carboxylic acids is 2. The predicted molar refractivity (Wildman–Crippen MR) is 111 cm³/mol. The molecule has 0 atom stereocenters. The van der Waals surface area contributed by atoms with Crippen LogP contribution in [0.15, 0.2) is 24.3 Å². The molecule has 0 unspecified atom stereocenters. The van der Waals surface area contributed by atoms with Gasteiger partial charge in [0, 0.05) is 38.8 Å². The molecule has 5 nitrogen and oxygen atoms in total. The first-order valence-corrected chi connectivity index (χ1v) is 10.4. The van der Waals surface area contributed by atoms with Crippen molar-refractivity contribution >= 4 is 17.5 Å². The minimum absolute atomic E-state index is 0.0882. The van der Waals surface area contributed by atoms with E-state index in [-0.39, 0.29) is 11.8 Å². The average molecular weight is 374 g/mol. The van der Waals surface area contributed by atoms with Gasteiger partial charge in [-0.25, -0.2) is 0 Å². The third kappa shape index (κ3) is 6.35. The lowest BCUT2D eigenvalue weighted by Gasteiger charge is -2.29. The molecular weight excluding hydrogens is 338 g/mol. The molecule has 2 rings (SSSR count). The Labute approximate surface area is 164 Å². The number of hydrogen-bond acceptors (Lipinski definition) is 3. The fraction of sp³-hybridized carbons (Fsp3) is 0.636. The topological polar surface area (TPSA) is 43.9 Å². The Kier molecular flexibility index (Phi) is 8.79. The van der Waals surface area contributed by atoms with Gasteiger partial charge in [-0.15, -0.1) is 0 Å². The minimum atomic E-state index is 0.0882. The Hall–Kier alpha value is -1.88. The SMILES string of the molecule is CCN(CC)C(=O)CN1CCCCCCCN(C(C)=O)c2ccccc2C1. The van der Waals surface area contributed by atoms with Gasteiger partial charge >= 0.3 is 0 Å². The molecule has 1 aliphatic rings. The van der Waals surface area contributed by atoms with Crippen LogP contribution in [0.2, 0.25) is 0 Å². The van der Waals surface area contributed by atoms with Crippen LogP contribution in [-0.2, 0) is 16.1 Å². The number of benzene rings is 1. The van der Waals surface area contributed by atoms with Gasteiger partial charge in [0.1, 0.15) is 0 Å². The first-order valence-electron chi connectivity index (χ1n) is 10.4. The van der Waals surface area contributed by atoms with E-state index in [1.54, 1.807) is 6.92 Å². The summed E-state index contributed by atoms with van der Waals surface area (Å²) in [6.45, 7) is 10.0. The fourth-order valence-electron chi connectivity index (χ4n) is 3.81. The third-order valence-electron chi connectivity index (χ3n) is 5.39. The monoisotopic (exact) mass is 373 g/mol. The number of fused-ring (bicyclic) bond motifs is 1. The van der Waals surface area contributed by atoms with E-state index in [4.69, 9.17) is 0 Å². The number of anilines is 1. The minimum Gasteiger partial charge on any atom is -0.342 e. The van der Waals surface area contributed by atoms with Crippen molar-refractivity contribution in [1.82, 2.24) is 9.80 Å². The molecule has 27 heavy (non-hydrogen) atoms. The van der Waals surface area contributed by atoms with Crippen LogP contribution < -0.4 is 4.90 Å². The van der Waals surface area contributed by atoms with Crippen LogP contribution in [0.25, 0.3) is 0 Å². The van der Waals surface area contributed by atoms with Crippen molar-refractivity contribution in [3.63, 3.8) is 0 Å². The molecular formula is C22H35N3O2. The quantitative estimate of drug-likeness (QED) is 0.809. The second kappa shape index (κ2) is 11.1. The summed E-state index contributed by atoms with van der Waals surface area (Å²) in [5.74, 6) is 0.276. The van der Waals surface area contributed by atoms with E-state index in [9.17, 15) is 9.59 Å². The van der Waals surface area contributed by atoms with Crippen molar-refractivity contribution in [2.45, 2.75) is 59.4 Å². The summed E-state index contributed by atoms with van der Waals surface area (Å²) in [7, 11) is 0. The largest absolute Gasteiger partial charge is 0.342 e. The van der Waals surface area contributed by atoms with E-state index < -0.39 is 0 Å². The van der Waals surface area contributed by atoms with E-state index in [0.717, 1.165) is 56.7 Å². The number of rotatable bonds is 4. The van der Waals surface area contributed by atoms with E-state index in [0.29, 0.717) is 13.1 Å². The number of nitrogens with zero attached hydrogens (tertiary/aromatic N) is 3. The highest BCUT2D eigenvalue weighted by molar-refractivity contribution is 5.92. The summed E-state index contributed by atoms with van der Waals surface area (Å²) < 4.78 is 0. The lowest BCUT2D eigenvalue weighted by molar-refractivity contribution is -0.132. The highest BCUT2D eigenvalue weighted by Crippen LogP contribution is 2.24. The van der Waals surface area contributed by atoms with Gasteiger partial charge in [0.25, 0.3) is 0 Å². The lowest BCUT2D eigenvalue weighted by atomic mass is 10.1. The highest BCUT2D eigenvalue weighted by atomic mass is 16.2. The molecule has 0 saturated heterocycles. The van der Waals surface area contributed by atoms with Crippen LogP contribution in [0.4, 0.5) is 5.69 Å². The second-order valence-corrected chi connectivity index (χ2v) is 7.34. The summed E-state index contributed by atoms with van der Waals surface area (Å²) in [4.78, 5) is 31.0. The molecule has 1 aliphatic heterocycles. The zero-order valence-electron chi connectivity index (χ0n) is 17.2. The van der Waals surface area contributed by atoms with Crippen molar-refractivity contribution in [1.29, 1.82) is 0 Å². The first kappa shape index (κ1) is 21.4. The maximum atomic E-state index is 12.7. The van der Waals surface area contributed by atoms with E-state index in [2.05, 4.69) is 11.0 Å². The van der Waals surface area contributed by atoms with Crippen LogP contribution in [0.3, 0.4) is 0 Å². The number of carbonyl (C=O) groups is 2. The predicted octanol–water partition coefficient (Wildman–Crippen LogP) is 3.67. The Morgan fingerprint density at radius 1 is 0.963 bits per heavy atom. The van der Waals surface area contributed by atoms with Gasteiger partial charge in [0.2, 0.25) is 11.8 Å². The van der Waals surface area contributed by atoms with Gasteiger partial charge in [-0.05, 0) is 44.9 Å². The van der Waals surface area contributed by atoms with Gasteiger partial charge < -0.3 is 9.80 Å². The maximum Gasteiger partial charge on any atom is 0.236 e. The highest BCUT2D eigenvalue weighted by Gasteiger charge is 2.20. The molecule has 0 N–H and O–H groups in total. The number of amides is 2. The molecule has 5 heteroatoms. The van der Waals surface area contributed by atoms with E-state index in [1.807, 2.05) is 41.8 Å².